The minimum Gasteiger partial charge on any atom is -0.296 e. The summed E-state index contributed by atoms with van der Waals surface area (Å²) < 4.78 is 1.82. The molecule has 0 fully saturated rings. The van der Waals surface area contributed by atoms with Crippen molar-refractivity contribution in [2.45, 2.75) is 27.2 Å². The number of hydrogen-bond donors (Lipinski definition) is 1. The number of aryl methyl sites for hydroxylation is 3. The fourth-order valence-electron chi connectivity index (χ4n) is 3.07. The molecule has 4 aromatic rings. The van der Waals surface area contributed by atoms with E-state index in [0.29, 0.717) is 16.5 Å². The highest BCUT2D eigenvalue weighted by atomic mass is 32.1. The van der Waals surface area contributed by atoms with Crippen LogP contribution in [0.5, 0.6) is 0 Å². The Kier molecular flexibility index (Phi) is 4.49. The summed E-state index contributed by atoms with van der Waals surface area (Å²) in [4.78, 5) is 21.9. The molecular formula is C21H20N4OS. The molecular weight excluding hydrogens is 356 g/mol. The zero-order chi connectivity index (χ0) is 19.0. The van der Waals surface area contributed by atoms with Crippen LogP contribution in [0.4, 0.5) is 5.13 Å². The van der Waals surface area contributed by atoms with Gasteiger partial charge in [-0.15, -0.1) is 11.3 Å². The fourth-order valence-corrected chi connectivity index (χ4v) is 3.78. The van der Waals surface area contributed by atoms with E-state index in [4.69, 9.17) is 0 Å². The van der Waals surface area contributed by atoms with Gasteiger partial charge < -0.3 is 0 Å². The number of pyridine rings is 1. The Hall–Kier alpha value is -2.99. The molecule has 1 aromatic carbocycles. The van der Waals surface area contributed by atoms with E-state index in [-0.39, 0.29) is 5.91 Å². The average molecular weight is 376 g/mol. The van der Waals surface area contributed by atoms with Crippen molar-refractivity contribution in [3.63, 3.8) is 0 Å². The van der Waals surface area contributed by atoms with E-state index < -0.39 is 0 Å². The number of benzene rings is 1. The molecule has 0 aliphatic heterocycles. The number of nitrogens with one attached hydrogen (secondary N) is 1. The standard InChI is InChI=1S/C21H20N4OS/c1-4-15-5-7-16(8-6-15)17-12-27-21(23-17)24-20(26)19-14(3)22-18-11-13(2)9-10-25(18)19/h5-12H,4H2,1-3H3,(H,23,24,26). The molecule has 3 aromatic heterocycles. The number of thiazole rings is 1. The highest BCUT2D eigenvalue weighted by Crippen LogP contribution is 2.26. The van der Waals surface area contributed by atoms with Crippen molar-refractivity contribution in [3.8, 4) is 11.3 Å². The van der Waals surface area contributed by atoms with Crippen molar-refractivity contribution < 1.29 is 4.79 Å². The highest BCUT2D eigenvalue weighted by Gasteiger charge is 2.18. The van der Waals surface area contributed by atoms with Crippen LogP contribution < -0.4 is 5.32 Å². The normalized spacial score (nSPS) is 11.1. The molecule has 0 saturated carbocycles. The molecule has 0 radical (unpaired) electrons. The topological polar surface area (TPSA) is 59.3 Å². The van der Waals surface area contributed by atoms with Crippen molar-refractivity contribution in [1.82, 2.24) is 14.4 Å². The van der Waals surface area contributed by atoms with Gasteiger partial charge in [0.25, 0.3) is 5.91 Å². The van der Waals surface area contributed by atoms with Crippen LogP contribution in [0.15, 0.2) is 48.0 Å². The first kappa shape index (κ1) is 17.4. The predicted molar refractivity (Wildman–Crippen MR) is 110 cm³/mol. The Bertz CT molecular complexity index is 1130. The van der Waals surface area contributed by atoms with Crippen LogP contribution in [0.3, 0.4) is 0 Å². The number of imidazole rings is 1. The monoisotopic (exact) mass is 376 g/mol. The summed E-state index contributed by atoms with van der Waals surface area (Å²) >= 11 is 1.42. The lowest BCUT2D eigenvalue weighted by Gasteiger charge is -2.04. The average Bonchev–Trinajstić information content (AvgIpc) is 3.24. The van der Waals surface area contributed by atoms with E-state index in [1.54, 1.807) is 0 Å². The van der Waals surface area contributed by atoms with E-state index in [0.717, 1.165) is 28.9 Å². The first-order chi connectivity index (χ1) is 13.0. The summed E-state index contributed by atoms with van der Waals surface area (Å²) in [5.41, 5.74) is 6.32. The Morgan fingerprint density at radius 3 is 2.67 bits per heavy atom. The summed E-state index contributed by atoms with van der Waals surface area (Å²) in [6, 6.07) is 12.3. The third kappa shape index (κ3) is 3.36. The maximum atomic E-state index is 12.8. The number of anilines is 1. The van der Waals surface area contributed by atoms with Gasteiger partial charge in [0.2, 0.25) is 0 Å². The number of carbonyl (C=O) groups is 1. The zero-order valence-corrected chi connectivity index (χ0v) is 16.3. The minimum absolute atomic E-state index is 0.203. The fraction of sp³-hybridized carbons (Fsp3) is 0.190. The molecule has 0 bridgehead atoms. The molecule has 0 atom stereocenters. The second-order valence-corrected chi connectivity index (χ2v) is 7.38. The summed E-state index contributed by atoms with van der Waals surface area (Å²) in [5.74, 6) is -0.203. The van der Waals surface area contributed by atoms with E-state index in [9.17, 15) is 4.79 Å². The van der Waals surface area contributed by atoms with Crippen LogP contribution in [0.1, 0.15) is 34.2 Å². The number of aromatic nitrogens is 3. The van der Waals surface area contributed by atoms with Crippen LogP contribution in [0, 0.1) is 13.8 Å². The minimum atomic E-state index is -0.203. The summed E-state index contributed by atoms with van der Waals surface area (Å²) in [6.07, 6.45) is 2.89. The number of amides is 1. The van der Waals surface area contributed by atoms with Crippen molar-refractivity contribution in [2.24, 2.45) is 0 Å². The second kappa shape index (κ2) is 6.96. The third-order valence-electron chi connectivity index (χ3n) is 4.55. The van der Waals surface area contributed by atoms with E-state index >= 15 is 0 Å². The molecule has 4 rings (SSSR count). The summed E-state index contributed by atoms with van der Waals surface area (Å²) in [5, 5.41) is 5.45. The number of rotatable bonds is 4. The Morgan fingerprint density at radius 2 is 1.93 bits per heavy atom. The number of nitrogens with zero attached hydrogens (tertiary/aromatic N) is 3. The molecule has 3 heterocycles. The van der Waals surface area contributed by atoms with Gasteiger partial charge in [0.1, 0.15) is 11.3 Å². The van der Waals surface area contributed by atoms with Gasteiger partial charge in [-0.25, -0.2) is 9.97 Å². The Balaban J connectivity index is 1.59. The van der Waals surface area contributed by atoms with Gasteiger partial charge >= 0.3 is 0 Å². The van der Waals surface area contributed by atoms with Crippen LogP contribution in [-0.2, 0) is 6.42 Å². The maximum Gasteiger partial charge on any atom is 0.276 e. The van der Waals surface area contributed by atoms with Crippen molar-refractivity contribution in [2.75, 3.05) is 5.32 Å². The van der Waals surface area contributed by atoms with Gasteiger partial charge in [0.15, 0.2) is 5.13 Å². The second-order valence-electron chi connectivity index (χ2n) is 6.52. The highest BCUT2D eigenvalue weighted by molar-refractivity contribution is 7.14. The third-order valence-corrected chi connectivity index (χ3v) is 5.31. The molecule has 1 amide bonds. The van der Waals surface area contributed by atoms with Crippen molar-refractivity contribution in [1.29, 1.82) is 0 Å². The van der Waals surface area contributed by atoms with Gasteiger partial charge in [-0.05, 0) is 43.5 Å². The zero-order valence-electron chi connectivity index (χ0n) is 15.5. The van der Waals surface area contributed by atoms with Gasteiger partial charge in [0, 0.05) is 17.1 Å². The van der Waals surface area contributed by atoms with Crippen LogP contribution in [-0.4, -0.2) is 20.3 Å². The summed E-state index contributed by atoms with van der Waals surface area (Å²) in [6.45, 7) is 5.99. The lowest BCUT2D eigenvalue weighted by Crippen LogP contribution is -2.15. The first-order valence-electron chi connectivity index (χ1n) is 8.86. The van der Waals surface area contributed by atoms with Gasteiger partial charge in [-0.3, -0.25) is 14.5 Å². The number of hydrogen-bond acceptors (Lipinski definition) is 4. The molecule has 5 nitrogen and oxygen atoms in total. The van der Waals surface area contributed by atoms with Gasteiger partial charge in [-0.2, -0.15) is 0 Å². The van der Waals surface area contributed by atoms with E-state index in [2.05, 4.69) is 46.5 Å². The molecule has 0 saturated heterocycles. The van der Waals surface area contributed by atoms with E-state index in [1.807, 2.05) is 42.0 Å². The predicted octanol–water partition coefficient (Wildman–Crippen LogP) is 4.89. The molecule has 0 spiro atoms. The lowest BCUT2D eigenvalue weighted by molar-refractivity contribution is 0.102. The molecule has 0 aliphatic rings. The molecule has 6 heteroatoms. The lowest BCUT2D eigenvalue weighted by atomic mass is 10.1. The first-order valence-corrected chi connectivity index (χ1v) is 9.74. The SMILES string of the molecule is CCc1ccc(-c2csc(NC(=O)c3c(C)nc4cc(C)ccn34)n2)cc1. The smallest absolute Gasteiger partial charge is 0.276 e. The number of fused-ring (bicyclic) bond motifs is 1. The molecule has 136 valence electrons. The van der Waals surface area contributed by atoms with Gasteiger partial charge in [-0.1, -0.05) is 31.2 Å². The van der Waals surface area contributed by atoms with Crippen LogP contribution >= 0.6 is 11.3 Å². The van der Waals surface area contributed by atoms with Crippen LogP contribution in [0.25, 0.3) is 16.9 Å². The number of carbonyl (C=O) groups excluding carboxylic acids is 1. The van der Waals surface area contributed by atoms with E-state index in [1.165, 1.54) is 16.9 Å². The molecule has 0 unspecified atom stereocenters. The van der Waals surface area contributed by atoms with Crippen molar-refractivity contribution in [3.05, 3.63) is 70.5 Å². The summed E-state index contributed by atoms with van der Waals surface area (Å²) in [7, 11) is 0. The molecule has 0 aliphatic carbocycles. The quantitative estimate of drug-likeness (QED) is 0.552. The largest absolute Gasteiger partial charge is 0.296 e. The maximum absolute atomic E-state index is 12.8. The Labute approximate surface area is 161 Å². The van der Waals surface area contributed by atoms with Crippen LogP contribution in [0.2, 0.25) is 0 Å². The molecule has 1 N–H and O–H groups in total. The van der Waals surface area contributed by atoms with Crippen molar-refractivity contribution >= 4 is 28.0 Å². The molecule has 27 heavy (non-hydrogen) atoms. The van der Waals surface area contributed by atoms with Gasteiger partial charge in [0.05, 0.1) is 11.4 Å². The Morgan fingerprint density at radius 1 is 1.15 bits per heavy atom.